The molecule has 1 aromatic heterocycles. The van der Waals surface area contributed by atoms with Gasteiger partial charge in [0, 0.05) is 12.2 Å². The van der Waals surface area contributed by atoms with E-state index in [9.17, 15) is 0 Å². The predicted molar refractivity (Wildman–Crippen MR) is 84.6 cm³/mol. The zero-order chi connectivity index (χ0) is 14.5. The molecule has 1 aliphatic carbocycles. The van der Waals surface area contributed by atoms with Crippen molar-refractivity contribution in [3.05, 3.63) is 17.5 Å². The highest BCUT2D eigenvalue weighted by molar-refractivity contribution is 5.10. The molecule has 3 unspecified atom stereocenters. The van der Waals surface area contributed by atoms with Crippen molar-refractivity contribution < 1.29 is 0 Å². The van der Waals surface area contributed by atoms with Gasteiger partial charge in [0.2, 0.25) is 0 Å². The Balaban J connectivity index is 2.06. The summed E-state index contributed by atoms with van der Waals surface area (Å²) in [5, 5.41) is 4.59. The second-order valence-corrected chi connectivity index (χ2v) is 6.52. The predicted octanol–water partition coefficient (Wildman–Crippen LogP) is 3.55. The van der Waals surface area contributed by atoms with Gasteiger partial charge in [-0.15, -0.1) is 0 Å². The molecule has 3 nitrogen and oxygen atoms in total. The van der Waals surface area contributed by atoms with E-state index in [1.165, 1.54) is 37.8 Å². The lowest BCUT2D eigenvalue weighted by Crippen LogP contribution is -2.32. The molecule has 2 rings (SSSR count). The Kier molecular flexibility index (Phi) is 5.64. The van der Waals surface area contributed by atoms with Crippen LogP contribution in [0, 0.1) is 24.7 Å². The maximum atomic E-state index is 6.02. The molecule has 1 saturated carbocycles. The summed E-state index contributed by atoms with van der Waals surface area (Å²) in [4.78, 5) is 0. The minimum Gasteiger partial charge on any atom is -0.330 e. The lowest BCUT2D eigenvalue weighted by molar-refractivity contribution is 0.173. The minimum absolute atomic E-state index is 0.712. The summed E-state index contributed by atoms with van der Waals surface area (Å²) in [5.74, 6) is 2.39. The topological polar surface area (TPSA) is 43.8 Å². The summed E-state index contributed by atoms with van der Waals surface area (Å²) >= 11 is 0. The highest BCUT2D eigenvalue weighted by Crippen LogP contribution is 2.37. The van der Waals surface area contributed by atoms with Gasteiger partial charge in [-0.3, -0.25) is 4.68 Å². The van der Waals surface area contributed by atoms with Crippen LogP contribution < -0.4 is 5.73 Å². The Morgan fingerprint density at radius 3 is 2.75 bits per heavy atom. The second kappa shape index (κ2) is 7.26. The summed E-state index contributed by atoms with van der Waals surface area (Å²) < 4.78 is 2.17. The molecule has 0 saturated heterocycles. The third kappa shape index (κ3) is 3.63. The number of aromatic nitrogens is 2. The molecule has 1 fully saturated rings. The van der Waals surface area contributed by atoms with E-state index < -0.39 is 0 Å². The monoisotopic (exact) mass is 277 g/mol. The first-order valence-electron chi connectivity index (χ1n) is 8.41. The molecule has 0 aliphatic heterocycles. The summed E-state index contributed by atoms with van der Waals surface area (Å²) in [6.45, 7) is 8.40. The molecule has 0 aromatic carbocycles. The molecule has 20 heavy (non-hydrogen) atoms. The van der Waals surface area contributed by atoms with Crippen LogP contribution in [-0.4, -0.2) is 16.3 Å². The number of nitrogens with zero attached hydrogens (tertiary/aromatic N) is 2. The highest BCUT2D eigenvalue weighted by atomic mass is 15.3. The van der Waals surface area contributed by atoms with Crippen LogP contribution in [0.25, 0.3) is 0 Å². The van der Waals surface area contributed by atoms with Crippen molar-refractivity contribution in [1.82, 2.24) is 9.78 Å². The van der Waals surface area contributed by atoms with E-state index in [1.807, 2.05) is 0 Å². The fraction of sp³-hybridized carbons (Fsp3) is 0.824. The van der Waals surface area contributed by atoms with Crippen LogP contribution in [0.15, 0.2) is 6.07 Å². The van der Waals surface area contributed by atoms with Gasteiger partial charge in [0.05, 0.1) is 5.69 Å². The van der Waals surface area contributed by atoms with Crippen molar-refractivity contribution in [3.8, 4) is 0 Å². The molecule has 2 N–H and O–H groups in total. The smallest absolute Gasteiger partial charge is 0.0596 e. The Bertz CT molecular complexity index is 410. The van der Waals surface area contributed by atoms with Gasteiger partial charge in [0.15, 0.2) is 0 Å². The van der Waals surface area contributed by atoms with E-state index >= 15 is 0 Å². The molecule has 0 spiro atoms. The van der Waals surface area contributed by atoms with Gasteiger partial charge in [-0.25, -0.2) is 0 Å². The average molecular weight is 277 g/mol. The number of rotatable bonds is 6. The molecular formula is C17H31N3. The number of nitrogens with two attached hydrogens (primary N) is 1. The molecule has 3 atom stereocenters. The van der Waals surface area contributed by atoms with Gasteiger partial charge in [-0.1, -0.05) is 26.2 Å². The number of aryl methyl sites for hydroxylation is 2. The molecule has 1 aromatic rings. The van der Waals surface area contributed by atoms with Crippen LogP contribution in [0.2, 0.25) is 0 Å². The van der Waals surface area contributed by atoms with E-state index in [0.29, 0.717) is 5.92 Å². The third-order valence-corrected chi connectivity index (χ3v) is 5.00. The standard InChI is InChI=1S/C17H31N3/c1-4-6-14-7-8-15(12-18)16(10-14)11-17-9-13(3)19-20(17)5-2/h9,14-16H,4-8,10-12,18H2,1-3H3. The van der Waals surface area contributed by atoms with Crippen LogP contribution in [0.1, 0.15) is 57.3 Å². The number of hydrogen-bond acceptors (Lipinski definition) is 2. The summed E-state index contributed by atoms with van der Waals surface area (Å²) in [6.07, 6.45) is 7.94. The molecule has 3 heteroatoms. The first kappa shape index (κ1) is 15.6. The first-order chi connectivity index (χ1) is 9.67. The van der Waals surface area contributed by atoms with Crippen LogP contribution in [0.5, 0.6) is 0 Å². The van der Waals surface area contributed by atoms with Crippen LogP contribution in [-0.2, 0) is 13.0 Å². The normalized spacial score (nSPS) is 26.9. The van der Waals surface area contributed by atoms with Crippen LogP contribution in [0.4, 0.5) is 0 Å². The minimum atomic E-state index is 0.712. The van der Waals surface area contributed by atoms with Gasteiger partial charge < -0.3 is 5.73 Å². The SMILES string of the molecule is CCCC1CCC(CN)C(Cc2cc(C)nn2CC)C1. The molecule has 1 heterocycles. The van der Waals surface area contributed by atoms with Gasteiger partial charge >= 0.3 is 0 Å². The van der Waals surface area contributed by atoms with Crippen molar-refractivity contribution in [2.75, 3.05) is 6.54 Å². The Morgan fingerprint density at radius 2 is 2.10 bits per heavy atom. The van der Waals surface area contributed by atoms with Crippen molar-refractivity contribution in [2.24, 2.45) is 23.5 Å². The summed E-state index contributed by atoms with van der Waals surface area (Å²) in [6, 6.07) is 2.26. The summed E-state index contributed by atoms with van der Waals surface area (Å²) in [7, 11) is 0. The molecular weight excluding hydrogens is 246 g/mol. The van der Waals surface area contributed by atoms with E-state index in [-0.39, 0.29) is 0 Å². The average Bonchev–Trinajstić information content (AvgIpc) is 2.79. The van der Waals surface area contributed by atoms with Gasteiger partial charge in [0.25, 0.3) is 0 Å². The first-order valence-corrected chi connectivity index (χ1v) is 8.41. The maximum Gasteiger partial charge on any atom is 0.0596 e. The van der Waals surface area contributed by atoms with Crippen molar-refractivity contribution >= 4 is 0 Å². The lowest BCUT2D eigenvalue weighted by atomic mass is 9.71. The molecule has 0 radical (unpaired) electrons. The van der Waals surface area contributed by atoms with E-state index in [1.54, 1.807) is 0 Å². The van der Waals surface area contributed by atoms with Crippen LogP contribution >= 0.6 is 0 Å². The second-order valence-electron chi connectivity index (χ2n) is 6.52. The van der Waals surface area contributed by atoms with Crippen LogP contribution in [0.3, 0.4) is 0 Å². The molecule has 0 bridgehead atoms. The fourth-order valence-electron chi connectivity index (χ4n) is 3.96. The number of hydrogen-bond donors (Lipinski definition) is 1. The van der Waals surface area contributed by atoms with Crippen molar-refractivity contribution in [1.29, 1.82) is 0 Å². The van der Waals surface area contributed by atoms with Gasteiger partial charge in [0.1, 0.15) is 0 Å². The van der Waals surface area contributed by atoms with E-state index in [4.69, 9.17) is 5.73 Å². The molecule has 1 aliphatic rings. The maximum absolute atomic E-state index is 6.02. The largest absolute Gasteiger partial charge is 0.330 e. The Labute approximate surface area is 123 Å². The Hall–Kier alpha value is -0.830. The highest BCUT2D eigenvalue weighted by Gasteiger charge is 2.30. The molecule has 0 amide bonds. The quantitative estimate of drug-likeness (QED) is 0.864. The van der Waals surface area contributed by atoms with Gasteiger partial charge in [-0.05, 0) is 63.5 Å². The van der Waals surface area contributed by atoms with E-state index in [0.717, 1.165) is 37.0 Å². The lowest BCUT2D eigenvalue weighted by Gasteiger charge is -2.35. The van der Waals surface area contributed by atoms with Crippen molar-refractivity contribution in [2.45, 2.75) is 65.8 Å². The van der Waals surface area contributed by atoms with E-state index in [2.05, 4.69) is 36.6 Å². The Morgan fingerprint density at radius 1 is 1.30 bits per heavy atom. The zero-order valence-electron chi connectivity index (χ0n) is 13.4. The summed E-state index contributed by atoms with van der Waals surface area (Å²) in [5.41, 5.74) is 8.57. The molecule has 114 valence electrons. The zero-order valence-corrected chi connectivity index (χ0v) is 13.4. The fourth-order valence-corrected chi connectivity index (χ4v) is 3.96. The third-order valence-electron chi connectivity index (χ3n) is 5.00. The van der Waals surface area contributed by atoms with Crippen molar-refractivity contribution in [3.63, 3.8) is 0 Å². The van der Waals surface area contributed by atoms with Gasteiger partial charge in [-0.2, -0.15) is 5.10 Å².